The van der Waals surface area contributed by atoms with Crippen LogP contribution in [0.25, 0.3) is 0 Å². The second-order valence-corrected chi connectivity index (χ2v) is 13.2. The van der Waals surface area contributed by atoms with Crippen LogP contribution in [0.1, 0.15) is 11.1 Å². The monoisotopic (exact) mass is 665 g/mol. The lowest BCUT2D eigenvalue weighted by atomic mass is 9.98. The van der Waals surface area contributed by atoms with E-state index in [0.717, 1.165) is 27.9 Å². The lowest BCUT2D eigenvalue weighted by Crippen LogP contribution is -2.53. The molecule has 0 aliphatic carbocycles. The highest BCUT2D eigenvalue weighted by Crippen LogP contribution is 2.21. The molecule has 3 aromatic carbocycles. The Balaban J connectivity index is 1.40. The minimum absolute atomic E-state index is 0.0490. The van der Waals surface area contributed by atoms with Gasteiger partial charge in [-0.1, -0.05) is 68.3 Å². The van der Waals surface area contributed by atoms with Gasteiger partial charge in [-0.25, -0.2) is 12.8 Å². The lowest BCUT2D eigenvalue weighted by molar-refractivity contribution is -0.133. The molecule has 1 heterocycles. The van der Waals surface area contributed by atoms with Crippen molar-refractivity contribution in [1.29, 1.82) is 0 Å². The first-order chi connectivity index (χ1) is 18.1. The third-order valence-electron chi connectivity index (χ3n) is 6.82. The minimum atomic E-state index is -3.95. The van der Waals surface area contributed by atoms with Crippen molar-refractivity contribution < 1.29 is 17.6 Å². The number of benzene rings is 3. The van der Waals surface area contributed by atoms with E-state index in [-0.39, 0.29) is 49.6 Å². The molecule has 0 N–H and O–H groups in total. The maximum absolute atomic E-state index is 14.1. The van der Waals surface area contributed by atoms with E-state index in [1.807, 2.05) is 31.3 Å². The summed E-state index contributed by atoms with van der Waals surface area (Å²) in [5.74, 6) is -0.817. The van der Waals surface area contributed by atoms with Gasteiger partial charge in [-0.05, 0) is 67.4 Å². The number of piperazine rings is 1. The van der Waals surface area contributed by atoms with E-state index in [9.17, 15) is 17.6 Å². The van der Waals surface area contributed by atoms with E-state index in [2.05, 4.69) is 61.0 Å². The molecule has 0 unspecified atom stereocenters. The largest absolute Gasteiger partial charge is 0.339 e. The van der Waals surface area contributed by atoms with Crippen LogP contribution in [0.5, 0.6) is 0 Å². The van der Waals surface area contributed by atoms with E-state index in [1.54, 1.807) is 4.90 Å². The van der Waals surface area contributed by atoms with Crippen LogP contribution in [0.2, 0.25) is 0 Å². The zero-order valence-electron chi connectivity index (χ0n) is 21.1. The summed E-state index contributed by atoms with van der Waals surface area (Å²) in [6.07, 6.45) is 1.56. The molecule has 4 rings (SSSR count). The Bertz CT molecular complexity index is 1300. The number of amides is 1. The number of likely N-dealkylation sites (N-methyl/N-ethyl adjacent to an activating group) is 1. The smallest absolute Gasteiger partial charge is 0.246 e. The van der Waals surface area contributed by atoms with Crippen LogP contribution in [-0.4, -0.2) is 74.2 Å². The van der Waals surface area contributed by atoms with Crippen molar-refractivity contribution >= 4 is 47.8 Å². The van der Waals surface area contributed by atoms with Gasteiger partial charge >= 0.3 is 0 Å². The Morgan fingerprint density at radius 3 is 1.87 bits per heavy atom. The fourth-order valence-corrected chi connectivity index (χ4v) is 6.60. The van der Waals surface area contributed by atoms with E-state index in [4.69, 9.17) is 0 Å². The molecule has 0 bridgehead atoms. The normalized spacial score (nSPS) is 14.8. The molecule has 1 fully saturated rings. The minimum Gasteiger partial charge on any atom is -0.339 e. The molecular weight excluding hydrogens is 637 g/mol. The second kappa shape index (κ2) is 12.8. The Hall–Kier alpha value is -2.11. The maximum Gasteiger partial charge on any atom is 0.246 e. The fourth-order valence-electron chi connectivity index (χ4n) is 4.58. The predicted octanol–water partition coefficient (Wildman–Crippen LogP) is 4.97. The van der Waals surface area contributed by atoms with Crippen LogP contribution in [0.4, 0.5) is 4.39 Å². The summed E-state index contributed by atoms with van der Waals surface area (Å²) < 4.78 is 43.2. The fraction of sp³-hybridized carbons (Fsp3) is 0.321. The number of halogens is 3. The zero-order valence-corrected chi connectivity index (χ0v) is 25.1. The number of carbonyl (C=O) groups excluding carboxylic acids is 1. The maximum atomic E-state index is 14.1. The van der Waals surface area contributed by atoms with Crippen LogP contribution >= 0.6 is 31.9 Å². The van der Waals surface area contributed by atoms with Gasteiger partial charge in [0.2, 0.25) is 15.9 Å². The standard InChI is InChI=1S/C28H30Br2FN3O3S/c1-32(25(18-21-6-10-23(29)11-7-21)19-22-8-12-24(30)13-9-22)20-28(35)33-14-16-34(17-15-33)38(36,37)27-5-3-2-4-26(27)31/h2-13,25H,14-20H2,1H3. The van der Waals surface area contributed by atoms with Crippen molar-refractivity contribution in [2.45, 2.75) is 23.8 Å². The highest BCUT2D eigenvalue weighted by molar-refractivity contribution is 9.10. The number of hydrogen-bond donors (Lipinski definition) is 0. The number of hydrogen-bond acceptors (Lipinski definition) is 4. The molecule has 38 heavy (non-hydrogen) atoms. The second-order valence-electron chi connectivity index (χ2n) is 9.45. The SMILES string of the molecule is CN(CC(=O)N1CCN(S(=O)(=O)c2ccccc2F)CC1)C(Cc1ccc(Br)cc1)Cc1ccc(Br)cc1. The van der Waals surface area contributed by atoms with Gasteiger partial charge in [0, 0.05) is 41.2 Å². The van der Waals surface area contributed by atoms with Gasteiger partial charge in [-0.15, -0.1) is 0 Å². The molecule has 202 valence electrons. The van der Waals surface area contributed by atoms with E-state index < -0.39 is 15.8 Å². The molecular formula is C28H30Br2FN3O3S. The third kappa shape index (κ3) is 7.30. The van der Waals surface area contributed by atoms with Gasteiger partial charge in [0.1, 0.15) is 10.7 Å². The van der Waals surface area contributed by atoms with Gasteiger partial charge < -0.3 is 4.90 Å². The molecule has 1 aliphatic rings. The molecule has 1 aliphatic heterocycles. The Morgan fingerprint density at radius 1 is 0.868 bits per heavy atom. The molecule has 6 nitrogen and oxygen atoms in total. The number of sulfonamides is 1. The highest BCUT2D eigenvalue weighted by Gasteiger charge is 2.32. The molecule has 0 spiro atoms. The van der Waals surface area contributed by atoms with E-state index >= 15 is 0 Å². The van der Waals surface area contributed by atoms with Crippen molar-refractivity contribution in [3.63, 3.8) is 0 Å². The Labute approximate surface area is 240 Å². The first-order valence-electron chi connectivity index (χ1n) is 12.3. The molecule has 1 amide bonds. The van der Waals surface area contributed by atoms with Crippen molar-refractivity contribution in [3.8, 4) is 0 Å². The topological polar surface area (TPSA) is 60.9 Å². The summed E-state index contributed by atoms with van der Waals surface area (Å²) in [7, 11) is -1.99. The Morgan fingerprint density at radius 2 is 1.37 bits per heavy atom. The lowest BCUT2D eigenvalue weighted by Gasteiger charge is -2.36. The van der Waals surface area contributed by atoms with Crippen molar-refractivity contribution in [2.24, 2.45) is 0 Å². The van der Waals surface area contributed by atoms with Gasteiger partial charge in [-0.2, -0.15) is 4.31 Å². The van der Waals surface area contributed by atoms with Gasteiger partial charge in [0.05, 0.1) is 6.54 Å². The van der Waals surface area contributed by atoms with Crippen molar-refractivity contribution in [1.82, 2.24) is 14.1 Å². The van der Waals surface area contributed by atoms with Gasteiger partial charge in [0.15, 0.2) is 0 Å². The van der Waals surface area contributed by atoms with Crippen LogP contribution in [0.15, 0.2) is 86.6 Å². The summed E-state index contributed by atoms with van der Waals surface area (Å²) in [6.45, 7) is 1.02. The number of carbonyl (C=O) groups is 1. The summed E-state index contributed by atoms with van der Waals surface area (Å²) >= 11 is 6.97. The van der Waals surface area contributed by atoms with E-state index in [0.29, 0.717) is 0 Å². The third-order valence-corrected chi connectivity index (χ3v) is 9.81. The molecule has 0 radical (unpaired) electrons. The van der Waals surface area contributed by atoms with Crippen LogP contribution < -0.4 is 0 Å². The Kier molecular flexibility index (Phi) is 9.75. The first kappa shape index (κ1) is 28.9. The van der Waals surface area contributed by atoms with Crippen LogP contribution in [-0.2, 0) is 27.7 Å². The highest BCUT2D eigenvalue weighted by atomic mass is 79.9. The average Bonchev–Trinajstić information content (AvgIpc) is 2.91. The molecule has 3 aromatic rings. The van der Waals surface area contributed by atoms with Crippen molar-refractivity contribution in [2.75, 3.05) is 39.8 Å². The molecule has 1 saturated heterocycles. The predicted molar refractivity (Wildman–Crippen MR) is 154 cm³/mol. The quantitative estimate of drug-likeness (QED) is 0.324. The van der Waals surface area contributed by atoms with Crippen LogP contribution in [0, 0.1) is 5.82 Å². The van der Waals surface area contributed by atoms with Gasteiger partial charge in [0.25, 0.3) is 0 Å². The van der Waals surface area contributed by atoms with Gasteiger partial charge in [-0.3, -0.25) is 9.69 Å². The average molecular weight is 667 g/mol. The van der Waals surface area contributed by atoms with E-state index in [1.165, 1.54) is 33.6 Å². The number of rotatable bonds is 9. The number of nitrogens with zero attached hydrogens (tertiary/aromatic N) is 3. The summed E-state index contributed by atoms with van der Waals surface area (Å²) in [4.78, 5) is 16.7. The first-order valence-corrected chi connectivity index (χ1v) is 15.4. The summed E-state index contributed by atoms with van der Waals surface area (Å²) in [5, 5.41) is 0. The molecule has 10 heteroatoms. The van der Waals surface area contributed by atoms with Crippen LogP contribution in [0.3, 0.4) is 0 Å². The molecule has 0 saturated carbocycles. The molecule has 0 atom stereocenters. The summed E-state index contributed by atoms with van der Waals surface area (Å²) in [5.41, 5.74) is 2.36. The molecule has 0 aromatic heterocycles. The summed E-state index contributed by atoms with van der Waals surface area (Å²) in [6, 6.07) is 21.9. The zero-order chi connectivity index (χ0) is 27.3. The van der Waals surface area contributed by atoms with Crippen molar-refractivity contribution in [3.05, 3.63) is 98.7 Å².